The highest BCUT2D eigenvalue weighted by molar-refractivity contribution is 5.85. The maximum absolute atomic E-state index is 2.54. The van der Waals surface area contributed by atoms with Gasteiger partial charge in [-0.15, -0.1) is 12.4 Å². The Morgan fingerprint density at radius 1 is 0.654 bits per heavy atom. The predicted molar refractivity (Wildman–Crippen MR) is 120 cm³/mol. The number of aryl methyl sites for hydroxylation is 1. The SMILES string of the molecule is CCN(CC)CCCCCCCCCCc1cccc2ccccc12.Cl. The van der Waals surface area contributed by atoms with E-state index >= 15 is 0 Å². The van der Waals surface area contributed by atoms with Crippen LogP contribution in [0.15, 0.2) is 42.5 Å². The molecule has 0 aromatic heterocycles. The molecule has 0 heterocycles. The van der Waals surface area contributed by atoms with Gasteiger partial charge < -0.3 is 4.90 Å². The second-order valence-electron chi connectivity index (χ2n) is 7.24. The van der Waals surface area contributed by atoms with Gasteiger partial charge in [0.25, 0.3) is 0 Å². The van der Waals surface area contributed by atoms with Crippen molar-refractivity contribution in [1.29, 1.82) is 0 Å². The van der Waals surface area contributed by atoms with Crippen LogP contribution in [-0.2, 0) is 6.42 Å². The van der Waals surface area contributed by atoms with E-state index in [9.17, 15) is 0 Å². The number of hydrogen-bond acceptors (Lipinski definition) is 1. The molecular weight excluding hydrogens is 338 g/mol. The molecular formula is C24H38ClN. The van der Waals surface area contributed by atoms with Gasteiger partial charge in [0.05, 0.1) is 0 Å². The first kappa shape index (κ1) is 23.0. The van der Waals surface area contributed by atoms with Gasteiger partial charge in [-0.3, -0.25) is 0 Å². The van der Waals surface area contributed by atoms with Crippen LogP contribution in [0.2, 0.25) is 0 Å². The third-order valence-electron chi connectivity index (χ3n) is 5.44. The van der Waals surface area contributed by atoms with Gasteiger partial charge in [-0.25, -0.2) is 0 Å². The highest BCUT2D eigenvalue weighted by Gasteiger charge is 2.01. The number of unbranched alkanes of at least 4 members (excludes halogenated alkanes) is 7. The number of benzene rings is 2. The van der Waals surface area contributed by atoms with Crippen molar-refractivity contribution in [3.05, 3.63) is 48.0 Å². The second-order valence-corrected chi connectivity index (χ2v) is 7.24. The molecule has 0 aliphatic carbocycles. The minimum atomic E-state index is 0. The molecule has 0 fully saturated rings. The van der Waals surface area contributed by atoms with Crippen LogP contribution in [0.25, 0.3) is 10.8 Å². The molecule has 2 rings (SSSR count). The van der Waals surface area contributed by atoms with E-state index in [0.717, 1.165) is 0 Å². The van der Waals surface area contributed by atoms with Crippen molar-refractivity contribution in [3.8, 4) is 0 Å². The van der Waals surface area contributed by atoms with Gasteiger partial charge in [0.2, 0.25) is 0 Å². The van der Waals surface area contributed by atoms with E-state index in [4.69, 9.17) is 0 Å². The first-order chi connectivity index (χ1) is 12.3. The lowest BCUT2D eigenvalue weighted by Gasteiger charge is -2.17. The van der Waals surface area contributed by atoms with Gasteiger partial charge in [-0.2, -0.15) is 0 Å². The van der Waals surface area contributed by atoms with Crippen LogP contribution in [0, 0.1) is 0 Å². The Labute approximate surface area is 167 Å². The predicted octanol–water partition coefficient (Wildman–Crippen LogP) is 7.27. The maximum atomic E-state index is 2.54. The van der Waals surface area contributed by atoms with E-state index in [0.29, 0.717) is 0 Å². The summed E-state index contributed by atoms with van der Waals surface area (Å²) in [5.41, 5.74) is 1.52. The maximum Gasteiger partial charge on any atom is -0.00190 e. The van der Waals surface area contributed by atoms with Crippen molar-refractivity contribution >= 4 is 23.2 Å². The minimum absolute atomic E-state index is 0. The number of halogens is 1. The van der Waals surface area contributed by atoms with E-state index in [-0.39, 0.29) is 12.4 Å². The van der Waals surface area contributed by atoms with E-state index in [2.05, 4.69) is 61.2 Å². The molecule has 0 N–H and O–H groups in total. The van der Waals surface area contributed by atoms with Crippen molar-refractivity contribution < 1.29 is 0 Å². The topological polar surface area (TPSA) is 3.24 Å². The van der Waals surface area contributed by atoms with Crippen LogP contribution in [-0.4, -0.2) is 24.5 Å². The van der Waals surface area contributed by atoms with Crippen LogP contribution in [0.1, 0.15) is 70.8 Å². The van der Waals surface area contributed by atoms with Gasteiger partial charge in [0, 0.05) is 0 Å². The smallest absolute Gasteiger partial charge is 0.00190 e. The fraction of sp³-hybridized carbons (Fsp3) is 0.583. The fourth-order valence-electron chi connectivity index (χ4n) is 3.76. The van der Waals surface area contributed by atoms with Crippen molar-refractivity contribution in [1.82, 2.24) is 4.90 Å². The molecule has 0 unspecified atom stereocenters. The van der Waals surface area contributed by atoms with Crippen LogP contribution in [0.4, 0.5) is 0 Å². The van der Waals surface area contributed by atoms with Crippen LogP contribution < -0.4 is 0 Å². The molecule has 0 aliphatic rings. The van der Waals surface area contributed by atoms with Gasteiger partial charge >= 0.3 is 0 Å². The van der Waals surface area contributed by atoms with Gasteiger partial charge in [-0.05, 0) is 55.2 Å². The third-order valence-corrected chi connectivity index (χ3v) is 5.44. The van der Waals surface area contributed by atoms with E-state index < -0.39 is 0 Å². The third kappa shape index (κ3) is 8.10. The van der Waals surface area contributed by atoms with Gasteiger partial charge in [-0.1, -0.05) is 94.8 Å². The molecule has 0 saturated carbocycles. The lowest BCUT2D eigenvalue weighted by atomic mass is 9.99. The molecule has 26 heavy (non-hydrogen) atoms. The Kier molecular flexibility index (Phi) is 12.4. The molecule has 0 saturated heterocycles. The fourth-order valence-corrected chi connectivity index (χ4v) is 3.76. The highest BCUT2D eigenvalue weighted by atomic mass is 35.5. The number of rotatable bonds is 13. The highest BCUT2D eigenvalue weighted by Crippen LogP contribution is 2.20. The Balaban J connectivity index is 0.00000338. The Morgan fingerprint density at radius 2 is 1.23 bits per heavy atom. The van der Waals surface area contributed by atoms with E-state index in [1.54, 1.807) is 0 Å². The summed E-state index contributed by atoms with van der Waals surface area (Å²) in [5.74, 6) is 0. The summed E-state index contributed by atoms with van der Waals surface area (Å²) in [6.07, 6.45) is 12.4. The molecule has 0 radical (unpaired) electrons. The molecule has 146 valence electrons. The average Bonchev–Trinajstić information content (AvgIpc) is 2.66. The number of hydrogen-bond donors (Lipinski definition) is 0. The number of fused-ring (bicyclic) bond motifs is 1. The summed E-state index contributed by atoms with van der Waals surface area (Å²) >= 11 is 0. The Hall–Kier alpha value is -1.05. The van der Waals surface area contributed by atoms with Crippen molar-refractivity contribution in [2.75, 3.05) is 19.6 Å². The Bertz CT molecular complexity index is 586. The van der Waals surface area contributed by atoms with Crippen LogP contribution in [0.5, 0.6) is 0 Å². The standard InChI is InChI=1S/C24H37N.ClH/c1-3-25(4-2)21-14-10-8-6-5-7-9-11-16-22-18-15-19-23-17-12-13-20-24(22)23;/h12-13,15,17-20H,3-11,14,16,21H2,1-2H3;1H. The van der Waals surface area contributed by atoms with Crippen molar-refractivity contribution in [2.24, 2.45) is 0 Å². The lowest BCUT2D eigenvalue weighted by Crippen LogP contribution is -2.23. The van der Waals surface area contributed by atoms with E-state index in [1.807, 2.05) is 0 Å². The van der Waals surface area contributed by atoms with Crippen molar-refractivity contribution in [3.63, 3.8) is 0 Å². The summed E-state index contributed by atoms with van der Waals surface area (Å²) in [4.78, 5) is 2.54. The second kappa shape index (κ2) is 14.1. The lowest BCUT2D eigenvalue weighted by molar-refractivity contribution is 0.295. The zero-order chi connectivity index (χ0) is 17.7. The summed E-state index contributed by atoms with van der Waals surface area (Å²) in [6.45, 7) is 8.22. The molecule has 2 heteroatoms. The van der Waals surface area contributed by atoms with Crippen molar-refractivity contribution in [2.45, 2.75) is 71.6 Å². The van der Waals surface area contributed by atoms with Gasteiger partial charge in [0.1, 0.15) is 0 Å². The average molecular weight is 376 g/mol. The normalized spacial score (nSPS) is 11.0. The minimum Gasteiger partial charge on any atom is -0.304 e. The summed E-state index contributed by atoms with van der Waals surface area (Å²) < 4.78 is 0. The summed E-state index contributed by atoms with van der Waals surface area (Å²) in [5, 5.41) is 2.82. The van der Waals surface area contributed by atoms with E-state index in [1.165, 1.54) is 93.8 Å². The van der Waals surface area contributed by atoms with Crippen LogP contribution >= 0.6 is 12.4 Å². The quantitative estimate of drug-likeness (QED) is 0.333. The Morgan fingerprint density at radius 3 is 1.92 bits per heavy atom. The molecule has 0 aliphatic heterocycles. The first-order valence-electron chi connectivity index (χ1n) is 10.5. The molecule has 1 nitrogen and oxygen atoms in total. The summed E-state index contributed by atoms with van der Waals surface area (Å²) in [6, 6.07) is 15.5. The summed E-state index contributed by atoms with van der Waals surface area (Å²) in [7, 11) is 0. The zero-order valence-corrected chi connectivity index (χ0v) is 17.7. The number of nitrogens with zero attached hydrogens (tertiary/aromatic N) is 1. The molecule has 0 atom stereocenters. The van der Waals surface area contributed by atoms with Gasteiger partial charge in [0.15, 0.2) is 0 Å². The molecule has 0 bridgehead atoms. The molecule has 0 amide bonds. The molecule has 2 aromatic carbocycles. The van der Waals surface area contributed by atoms with Crippen LogP contribution in [0.3, 0.4) is 0 Å². The zero-order valence-electron chi connectivity index (χ0n) is 16.9. The largest absolute Gasteiger partial charge is 0.304 e. The molecule has 0 spiro atoms. The molecule has 2 aromatic rings. The first-order valence-corrected chi connectivity index (χ1v) is 10.5. The monoisotopic (exact) mass is 375 g/mol.